The van der Waals surface area contributed by atoms with Crippen LogP contribution < -0.4 is 10.1 Å². The van der Waals surface area contributed by atoms with E-state index in [0.717, 1.165) is 12.1 Å². The Hall–Kier alpha value is -0.980. The number of halogens is 4. The maximum Gasteiger partial charge on any atom is 0.416 e. The Bertz CT molecular complexity index is 420. The molecule has 19 heavy (non-hydrogen) atoms. The molecule has 0 unspecified atom stereocenters. The summed E-state index contributed by atoms with van der Waals surface area (Å²) in [6.07, 6.45) is -4.38. The summed E-state index contributed by atoms with van der Waals surface area (Å²) < 4.78 is 48.4. The number of methoxy groups -OCH3 is 1. The first-order valence-corrected chi connectivity index (χ1v) is 5.58. The van der Waals surface area contributed by atoms with Crippen molar-refractivity contribution >= 4 is 12.4 Å². The van der Waals surface area contributed by atoms with Gasteiger partial charge in [-0.2, -0.15) is 13.2 Å². The topological polar surface area (TPSA) is 30.5 Å². The lowest BCUT2D eigenvalue weighted by Gasteiger charge is -2.25. The van der Waals surface area contributed by atoms with Crippen molar-refractivity contribution in [2.45, 2.75) is 12.2 Å². The molecule has 1 aromatic carbocycles. The van der Waals surface area contributed by atoms with Gasteiger partial charge in [-0.05, 0) is 23.8 Å². The summed E-state index contributed by atoms with van der Waals surface area (Å²) in [5.74, 6) is 0.201. The highest BCUT2D eigenvalue weighted by Crippen LogP contribution is 2.34. The van der Waals surface area contributed by atoms with Crippen molar-refractivity contribution in [3.8, 4) is 5.75 Å². The molecule has 1 heterocycles. The van der Waals surface area contributed by atoms with Crippen LogP contribution in [0.5, 0.6) is 5.75 Å². The molecule has 0 aromatic heterocycles. The molecular weight excluding hydrogens is 283 g/mol. The largest absolute Gasteiger partial charge is 0.497 e. The summed E-state index contributed by atoms with van der Waals surface area (Å²) in [4.78, 5) is 0. The van der Waals surface area contributed by atoms with Crippen molar-refractivity contribution < 1.29 is 22.6 Å². The first-order valence-electron chi connectivity index (χ1n) is 5.58. The molecule has 0 aliphatic carbocycles. The fraction of sp³-hybridized carbons (Fsp3) is 0.500. The number of alkyl halides is 3. The van der Waals surface area contributed by atoms with E-state index in [1.165, 1.54) is 7.11 Å². The zero-order valence-electron chi connectivity index (χ0n) is 10.3. The van der Waals surface area contributed by atoms with Crippen LogP contribution in [0.25, 0.3) is 0 Å². The Balaban J connectivity index is 0.00000180. The third-order valence-electron chi connectivity index (χ3n) is 2.82. The Kier molecular flexibility index (Phi) is 5.46. The molecule has 0 bridgehead atoms. The molecular formula is C12H15ClF3NO2. The minimum absolute atomic E-state index is 0. The third-order valence-corrected chi connectivity index (χ3v) is 2.82. The predicted octanol–water partition coefficient (Wildman–Crippen LogP) is 2.80. The number of rotatable bonds is 2. The van der Waals surface area contributed by atoms with Crippen LogP contribution in [0.3, 0.4) is 0 Å². The summed E-state index contributed by atoms with van der Waals surface area (Å²) in [6, 6.07) is 3.50. The molecule has 1 fully saturated rings. The average molecular weight is 298 g/mol. The highest BCUT2D eigenvalue weighted by molar-refractivity contribution is 5.85. The van der Waals surface area contributed by atoms with E-state index >= 15 is 0 Å². The van der Waals surface area contributed by atoms with Gasteiger partial charge in [0.15, 0.2) is 0 Å². The van der Waals surface area contributed by atoms with Crippen molar-refractivity contribution in [3.05, 3.63) is 29.3 Å². The van der Waals surface area contributed by atoms with Crippen LogP contribution in [0, 0.1) is 0 Å². The standard InChI is InChI=1S/C12H14F3NO2.ClH/c1-17-10-5-8(11-7-18-3-2-16-11)4-9(6-10)12(13,14)15;/h4-6,11,16H,2-3,7H2,1H3;1H/t11-;/m1./s1. The van der Waals surface area contributed by atoms with E-state index in [4.69, 9.17) is 9.47 Å². The lowest BCUT2D eigenvalue weighted by Crippen LogP contribution is -2.34. The lowest BCUT2D eigenvalue weighted by atomic mass is 10.0. The maximum atomic E-state index is 12.7. The van der Waals surface area contributed by atoms with E-state index in [9.17, 15) is 13.2 Å². The Labute approximate surface area is 115 Å². The summed E-state index contributed by atoms with van der Waals surface area (Å²) in [6.45, 7) is 1.57. The second kappa shape index (κ2) is 6.45. The highest BCUT2D eigenvalue weighted by Gasteiger charge is 2.32. The molecule has 0 saturated carbocycles. The van der Waals surface area contributed by atoms with Crippen molar-refractivity contribution in [1.29, 1.82) is 0 Å². The van der Waals surface area contributed by atoms with E-state index < -0.39 is 11.7 Å². The predicted molar refractivity (Wildman–Crippen MR) is 66.8 cm³/mol. The third kappa shape index (κ3) is 3.99. The van der Waals surface area contributed by atoms with Gasteiger partial charge in [0.25, 0.3) is 0 Å². The second-order valence-electron chi connectivity index (χ2n) is 4.07. The van der Waals surface area contributed by atoms with Gasteiger partial charge in [0.1, 0.15) is 5.75 Å². The van der Waals surface area contributed by atoms with Gasteiger partial charge >= 0.3 is 6.18 Å². The van der Waals surface area contributed by atoms with Gasteiger partial charge in [-0.3, -0.25) is 0 Å². The van der Waals surface area contributed by atoms with Crippen molar-refractivity contribution in [2.24, 2.45) is 0 Å². The van der Waals surface area contributed by atoms with E-state index in [1.807, 2.05) is 0 Å². The molecule has 1 atom stereocenters. The van der Waals surface area contributed by atoms with Crippen molar-refractivity contribution in [1.82, 2.24) is 5.32 Å². The van der Waals surface area contributed by atoms with Crippen LogP contribution in [-0.4, -0.2) is 26.9 Å². The second-order valence-corrected chi connectivity index (χ2v) is 4.07. The monoisotopic (exact) mass is 297 g/mol. The number of benzene rings is 1. The van der Waals surface area contributed by atoms with Gasteiger partial charge in [0, 0.05) is 6.54 Å². The number of nitrogens with one attached hydrogen (secondary N) is 1. The summed E-state index contributed by atoms with van der Waals surface area (Å²) >= 11 is 0. The van der Waals surface area contributed by atoms with E-state index in [0.29, 0.717) is 25.3 Å². The number of ether oxygens (including phenoxy) is 2. The molecule has 0 spiro atoms. The molecule has 3 nitrogen and oxygen atoms in total. The number of hydrogen-bond acceptors (Lipinski definition) is 3. The van der Waals surface area contributed by atoms with Gasteiger partial charge in [-0.25, -0.2) is 0 Å². The van der Waals surface area contributed by atoms with Crippen molar-refractivity contribution in [2.75, 3.05) is 26.9 Å². The average Bonchev–Trinajstić information content (AvgIpc) is 2.38. The Morgan fingerprint density at radius 2 is 2.05 bits per heavy atom. The van der Waals surface area contributed by atoms with Crippen LogP contribution in [0.4, 0.5) is 13.2 Å². The van der Waals surface area contributed by atoms with Crippen LogP contribution in [0.1, 0.15) is 17.2 Å². The number of morpholine rings is 1. The molecule has 1 aromatic rings. The van der Waals surface area contributed by atoms with Crippen molar-refractivity contribution in [3.63, 3.8) is 0 Å². The fourth-order valence-corrected chi connectivity index (χ4v) is 1.88. The smallest absolute Gasteiger partial charge is 0.416 e. The van der Waals surface area contributed by atoms with Gasteiger partial charge in [0.05, 0.1) is 31.9 Å². The Morgan fingerprint density at radius 1 is 1.32 bits per heavy atom. The first-order chi connectivity index (χ1) is 8.50. The molecule has 108 valence electrons. The van der Waals surface area contributed by atoms with E-state index in [-0.39, 0.29) is 24.2 Å². The number of hydrogen-bond donors (Lipinski definition) is 1. The summed E-state index contributed by atoms with van der Waals surface area (Å²) in [5, 5.41) is 3.12. The maximum absolute atomic E-state index is 12.7. The molecule has 1 aliphatic heterocycles. The minimum Gasteiger partial charge on any atom is -0.497 e. The summed E-state index contributed by atoms with van der Waals surface area (Å²) in [5.41, 5.74) is -0.175. The zero-order chi connectivity index (χ0) is 13.2. The molecule has 7 heteroatoms. The van der Waals surface area contributed by atoms with Gasteiger partial charge in [-0.15, -0.1) is 12.4 Å². The molecule has 2 rings (SSSR count). The van der Waals surface area contributed by atoms with E-state index in [1.54, 1.807) is 6.07 Å². The van der Waals surface area contributed by atoms with Gasteiger partial charge < -0.3 is 14.8 Å². The van der Waals surface area contributed by atoms with Crippen LogP contribution >= 0.6 is 12.4 Å². The fourth-order valence-electron chi connectivity index (χ4n) is 1.88. The molecule has 1 aliphatic rings. The van der Waals surface area contributed by atoms with Gasteiger partial charge in [-0.1, -0.05) is 0 Å². The zero-order valence-corrected chi connectivity index (χ0v) is 11.1. The normalized spacial score (nSPS) is 19.7. The quantitative estimate of drug-likeness (QED) is 0.910. The summed E-state index contributed by atoms with van der Waals surface area (Å²) in [7, 11) is 1.35. The molecule has 0 radical (unpaired) electrons. The molecule has 1 saturated heterocycles. The van der Waals surface area contributed by atoms with Crippen LogP contribution in [-0.2, 0) is 10.9 Å². The van der Waals surface area contributed by atoms with Crippen LogP contribution in [0.15, 0.2) is 18.2 Å². The lowest BCUT2D eigenvalue weighted by molar-refractivity contribution is -0.137. The minimum atomic E-state index is -4.38. The van der Waals surface area contributed by atoms with Crippen LogP contribution in [0.2, 0.25) is 0 Å². The SMILES string of the molecule is COc1cc([C@H]2COCCN2)cc(C(F)(F)F)c1.Cl. The Morgan fingerprint density at radius 3 is 2.58 bits per heavy atom. The molecule has 1 N–H and O–H groups in total. The van der Waals surface area contributed by atoms with Gasteiger partial charge in [0.2, 0.25) is 0 Å². The first kappa shape index (κ1) is 16.1. The molecule has 0 amide bonds. The van der Waals surface area contributed by atoms with E-state index in [2.05, 4.69) is 5.32 Å². The highest BCUT2D eigenvalue weighted by atomic mass is 35.5.